The largest absolute Gasteiger partial charge is 0.351 e. The van der Waals surface area contributed by atoms with Gasteiger partial charge in [-0.25, -0.2) is 4.79 Å². The fourth-order valence-electron chi connectivity index (χ4n) is 2.47. The molecule has 4 N–H and O–H groups in total. The monoisotopic (exact) mass is 254 g/mol. The molecular weight excluding hydrogens is 232 g/mol. The number of carbonyl (C=O) groups is 2. The molecular formula is C12H22N4O2. The molecule has 102 valence electrons. The maximum atomic E-state index is 11.6. The van der Waals surface area contributed by atoms with Crippen molar-refractivity contribution in [1.82, 2.24) is 15.5 Å². The van der Waals surface area contributed by atoms with E-state index in [2.05, 4.69) is 15.5 Å². The highest BCUT2D eigenvalue weighted by atomic mass is 16.2. The first-order valence-corrected chi connectivity index (χ1v) is 6.68. The predicted octanol–water partition coefficient (Wildman–Crippen LogP) is -0.355. The summed E-state index contributed by atoms with van der Waals surface area (Å²) in [6.45, 7) is 3.15. The van der Waals surface area contributed by atoms with E-state index < -0.39 is 6.03 Å². The van der Waals surface area contributed by atoms with E-state index in [0.717, 1.165) is 25.6 Å². The highest BCUT2D eigenvalue weighted by molar-refractivity contribution is 5.94. The van der Waals surface area contributed by atoms with Gasteiger partial charge in [-0.05, 0) is 38.1 Å². The lowest BCUT2D eigenvalue weighted by atomic mass is 10.2. The molecule has 0 aromatic heterocycles. The molecule has 0 radical (unpaired) electrons. The van der Waals surface area contributed by atoms with Crippen molar-refractivity contribution in [3.8, 4) is 0 Å². The van der Waals surface area contributed by atoms with Crippen LogP contribution >= 0.6 is 0 Å². The average molecular weight is 254 g/mol. The van der Waals surface area contributed by atoms with Gasteiger partial charge in [0.05, 0.1) is 6.54 Å². The molecule has 1 atom stereocenters. The second-order valence-electron chi connectivity index (χ2n) is 5.34. The highest BCUT2D eigenvalue weighted by Crippen LogP contribution is 2.29. The van der Waals surface area contributed by atoms with E-state index in [4.69, 9.17) is 5.73 Å². The SMILES string of the molecule is NC(=O)NC(=O)CN(CC1CC1)CC1CCCN1. The zero-order valence-electron chi connectivity index (χ0n) is 10.7. The molecule has 18 heavy (non-hydrogen) atoms. The van der Waals surface area contributed by atoms with E-state index in [1.165, 1.54) is 25.7 Å². The Balaban J connectivity index is 1.78. The molecule has 2 fully saturated rings. The third-order valence-corrected chi connectivity index (χ3v) is 3.48. The molecule has 2 rings (SSSR count). The number of primary amides is 1. The van der Waals surface area contributed by atoms with E-state index in [9.17, 15) is 9.59 Å². The van der Waals surface area contributed by atoms with Crippen molar-refractivity contribution in [3.63, 3.8) is 0 Å². The highest BCUT2D eigenvalue weighted by Gasteiger charge is 2.27. The molecule has 1 saturated carbocycles. The number of imide groups is 1. The topological polar surface area (TPSA) is 87.5 Å². The lowest BCUT2D eigenvalue weighted by Crippen LogP contribution is -2.46. The molecule has 1 aliphatic heterocycles. The molecule has 0 bridgehead atoms. The van der Waals surface area contributed by atoms with Crippen LogP contribution in [-0.2, 0) is 4.79 Å². The Hall–Kier alpha value is -1.14. The molecule has 0 aromatic carbocycles. The Labute approximate surface area is 107 Å². The van der Waals surface area contributed by atoms with E-state index >= 15 is 0 Å². The second-order valence-corrected chi connectivity index (χ2v) is 5.34. The number of nitrogens with zero attached hydrogens (tertiary/aromatic N) is 1. The maximum absolute atomic E-state index is 11.6. The van der Waals surface area contributed by atoms with Gasteiger partial charge < -0.3 is 11.1 Å². The fraction of sp³-hybridized carbons (Fsp3) is 0.833. The van der Waals surface area contributed by atoms with Gasteiger partial charge in [0.1, 0.15) is 0 Å². The summed E-state index contributed by atoms with van der Waals surface area (Å²) >= 11 is 0. The van der Waals surface area contributed by atoms with Gasteiger partial charge in [0.25, 0.3) is 0 Å². The number of nitrogens with two attached hydrogens (primary N) is 1. The van der Waals surface area contributed by atoms with Crippen LogP contribution in [0.25, 0.3) is 0 Å². The summed E-state index contributed by atoms with van der Waals surface area (Å²) in [5.74, 6) is 0.425. The molecule has 6 nitrogen and oxygen atoms in total. The molecule has 1 aliphatic carbocycles. The van der Waals surface area contributed by atoms with Gasteiger partial charge >= 0.3 is 6.03 Å². The smallest absolute Gasteiger partial charge is 0.318 e. The van der Waals surface area contributed by atoms with Gasteiger partial charge in [-0.3, -0.25) is 15.0 Å². The van der Waals surface area contributed by atoms with Crippen molar-refractivity contribution in [1.29, 1.82) is 0 Å². The van der Waals surface area contributed by atoms with Crippen molar-refractivity contribution in [3.05, 3.63) is 0 Å². The summed E-state index contributed by atoms with van der Waals surface area (Å²) in [5, 5.41) is 5.56. The summed E-state index contributed by atoms with van der Waals surface area (Å²) in [6.07, 6.45) is 4.88. The number of amides is 3. The van der Waals surface area contributed by atoms with E-state index in [-0.39, 0.29) is 12.5 Å². The lowest BCUT2D eigenvalue weighted by molar-refractivity contribution is -0.121. The predicted molar refractivity (Wildman–Crippen MR) is 67.9 cm³/mol. The molecule has 2 aliphatic rings. The van der Waals surface area contributed by atoms with Gasteiger partial charge in [0.15, 0.2) is 0 Å². The van der Waals surface area contributed by atoms with Gasteiger partial charge in [-0.2, -0.15) is 0 Å². The van der Waals surface area contributed by atoms with Crippen LogP contribution in [0, 0.1) is 5.92 Å². The minimum absolute atomic E-state index is 0.262. The van der Waals surface area contributed by atoms with E-state index in [1.54, 1.807) is 0 Å². The Bertz CT molecular complexity index is 311. The number of hydrogen-bond donors (Lipinski definition) is 3. The summed E-state index contributed by atoms with van der Waals surface area (Å²) < 4.78 is 0. The molecule has 1 unspecified atom stereocenters. The third kappa shape index (κ3) is 4.62. The minimum atomic E-state index is -0.773. The van der Waals surface area contributed by atoms with Gasteiger partial charge in [0.2, 0.25) is 5.91 Å². The van der Waals surface area contributed by atoms with Crippen LogP contribution in [0.15, 0.2) is 0 Å². The van der Waals surface area contributed by atoms with Crippen LogP contribution in [0.2, 0.25) is 0 Å². The quantitative estimate of drug-likeness (QED) is 0.604. The van der Waals surface area contributed by atoms with Gasteiger partial charge in [-0.1, -0.05) is 0 Å². The molecule has 1 heterocycles. The number of urea groups is 1. The van der Waals surface area contributed by atoms with Crippen LogP contribution in [-0.4, -0.2) is 49.1 Å². The molecule has 6 heteroatoms. The number of carbonyl (C=O) groups excluding carboxylic acids is 2. The van der Waals surface area contributed by atoms with Crippen LogP contribution in [0.3, 0.4) is 0 Å². The van der Waals surface area contributed by atoms with Gasteiger partial charge in [-0.15, -0.1) is 0 Å². The van der Waals surface area contributed by atoms with Crippen LogP contribution < -0.4 is 16.4 Å². The zero-order valence-corrected chi connectivity index (χ0v) is 10.7. The Kier molecular flexibility index (Phi) is 4.54. The summed E-state index contributed by atoms with van der Waals surface area (Å²) in [7, 11) is 0. The lowest BCUT2D eigenvalue weighted by Gasteiger charge is -2.24. The minimum Gasteiger partial charge on any atom is -0.351 e. The number of hydrogen-bond acceptors (Lipinski definition) is 4. The number of rotatable bonds is 6. The van der Waals surface area contributed by atoms with Crippen LogP contribution in [0.1, 0.15) is 25.7 Å². The summed E-state index contributed by atoms with van der Waals surface area (Å²) in [5.41, 5.74) is 4.94. The van der Waals surface area contributed by atoms with Crippen molar-refractivity contribution in [2.45, 2.75) is 31.7 Å². The standard InChI is InChI=1S/C12H22N4O2/c13-12(18)15-11(17)8-16(6-9-3-4-9)7-10-2-1-5-14-10/h9-10,14H,1-8H2,(H3,13,15,17,18). The summed E-state index contributed by atoms with van der Waals surface area (Å²) in [6, 6.07) is -0.296. The fourth-order valence-corrected chi connectivity index (χ4v) is 2.47. The van der Waals surface area contributed by atoms with Crippen molar-refractivity contribution in [2.24, 2.45) is 11.7 Å². The first-order chi connectivity index (χ1) is 8.63. The van der Waals surface area contributed by atoms with Crippen LogP contribution in [0.5, 0.6) is 0 Å². The van der Waals surface area contributed by atoms with E-state index in [1.807, 2.05) is 0 Å². The molecule has 0 spiro atoms. The number of nitrogens with one attached hydrogen (secondary N) is 2. The summed E-state index contributed by atoms with van der Waals surface area (Å²) in [4.78, 5) is 24.3. The molecule has 0 aromatic rings. The maximum Gasteiger partial charge on any atom is 0.318 e. The average Bonchev–Trinajstić information content (AvgIpc) is 2.91. The Morgan fingerprint density at radius 2 is 2.06 bits per heavy atom. The molecule has 3 amide bonds. The van der Waals surface area contributed by atoms with E-state index in [0.29, 0.717) is 6.04 Å². The van der Waals surface area contributed by atoms with Crippen molar-refractivity contribution < 1.29 is 9.59 Å². The van der Waals surface area contributed by atoms with Crippen molar-refractivity contribution >= 4 is 11.9 Å². The Morgan fingerprint density at radius 1 is 1.28 bits per heavy atom. The third-order valence-electron chi connectivity index (χ3n) is 3.48. The van der Waals surface area contributed by atoms with Crippen molar-refractivity contribution in [2.75, 3.05) is 26.2 Å². The normalized spacial score (nSPS) is 23.3. The second kappa shape index (κ2) is 6.15. The van der Waals surface area contributed by atoms with Crippen LogP contribution in [0.4, 0.5) is 4.79 Å². The first-order valence-electron chi connectivity index (χ1n) is 6.68. The zero-order chi connectivity index (χ0) is 13.0. The Morgan fingerprint density at radius 3 is 2.61 bits per heavy atom. The molecule has 1 saturated heterocycles. The first kappa shape index (κ1) is 13.3. The van der Waals surface area contributed by atoms with Gasteiger partial charge in [0, 0.05) is 19.1 Å².